The van der Waals surface area contributed by atoms with Gasteiger partial charge in [-0.1, -0.05) is 37.6 Å². The van der Waals surface area contributed by atoms with Gasteiger partial charge in [-0.2, -0.15) is 5.26 Å². The lowest BCUT2D eigenvalue weighted by atomic mass is 9.95. The van der Waals surface area contributed by atoms with E-state index < -0.39 is 6.09 Å². The van der Waals surface area contributed by atoms with Crippen LogP contribution in [-0.4, -0.2) is 12.1 Å². The lowest BCUT2D eigenvalue weighted by molar-refractivity contribution is 0.196. The van der Waals surface area contributed by atoms with Crippen LogP contribution in [0.5, 0.6) is 5.75 Å². The Labute approximate surface area is 137 Å². The zero-order valence-electron chi connectivity index (χ0n) is 13.6. The zero-order valence-corrected chi connectivity index (χ0v) is 13.6. The molecule has 0 radical (unpaired) electrons. The molecule has 2 aliphatic rings. The van der Waals surface area contributed by atoms with Gasteiger partial charge in [-0.25, -0.2) is 4.79 Å². The molecule has 0 fully saturated rings. The highest BCUT2D eigenvalue weighted by Crippen LogP contribution is 2.35. The number of nitrogens with one attached hydrogen (secondary N) is 1. The minimum Gasteiger partial charge on any atom is -0.410 e. The first-order valence-corrected chi connectivity index (χ1v) is 8.09. The second-order valence-electron chi connectivity index (χ2n) is 5.36. The molecule has 0 bridgehead atoms. The van der Waals surface area contributed by atoms with Gasteiger partial charge in [0.05, 0.1) is 6.07 Å². The summed E-state index contributed by atoms with van der Waals surface area (Å²) in [6, 6.07) is 11.3. The Morgan fingerprint density at radius 1 is 1.22 bits per heavy atom. The smallest absolute Gasteiger partial charge is 0.410 e. The molecule has 3 rings (SSSR count). The fraction of sp³-hybridized carbons (Fsp3) is 0.368. The van der Waals surface area contributed by atoms with Crippen molar-refractivity contribution in [2.75, 3.05) is 0 Å². The van der Waals surface area contributed by atoms with Crippen LogP contribution < -0.4 is 10.1 Å². The van der Waals surface area contributed by atoms with Gasteiger partial charge in [0.15, 0.2) is 0 Å². The first kappa shape index (κ1) is 16.8. The summed E-state index contributed by atoms with van der Waals surface area (Å²) in [5.74, 6) is 0.539. The average molecular weight is 310 g/mol. The molecular formula is C19H22N2O2. The third-order valence-corrected chi connectivity index (χ3v) is 3.88. The summed E-state index contributed by atoms with van der Waals surface area (Å²) in [4.78, 5) is 11.9. The van der Waals surface area contributed by atoms with Crippen LogP contribution in [0.25, 0.3) is 0 Å². The molecule has 0 spiro atoms. The second-order valence-corrected chi connectivity index (χ2v) is 5.36. The Morgan fingerprint density at radius 2 is 1.96 bits per heavy atom. The van der Waals surface area contributed by atoms with Crippen LogP contribution in [0.1, 0.15) is 39.5 Å². The predicted molar refractivity (Wildman–Crippen MR) is 89.9 cm³/mol. The second kappa shape index (κ2) is 8.19. The Hall–Kier alpha value is -2.54. The fourth-order valence-electron chi connectivity index (χ4n) is 2.88. The van der Waals surface area contributed by atoms with Gasteiger partial charge in [-0.3, -0.25) is 0 Å². The minimum absolute atomic E-state index is 0.0699. The number of carbonyl (C=O) groups excluding carboxylic acids is 1. The van der Waals surface area contributed by atoms with Gasteiger partial charge in [-0.15, -0.1) is 0 Å². The van der Waals surface area contributed by atoms with Crippen molar-refractivity contribution in [1.29, 1.82) is 5.26 Å². The van der Waals surface area contributed by atoms with Crippen LogP contribution >= 0.6 is 0 Å². The SMILES string of the molecule is CC.N#CC1=CC2=C(CC1)CC(NC(=O)Oc1ccccc1)C2. The molecule has 23 heavy (non-hydrogen) atoms. The van der Waals surface area contributed by atoms with Gasteiger partial charge in [0.2, 0.25) is 0 Å². The average Bonchev–Trinajstić information content (AvgIpc) is 2.98. The first-order valence-electron chi connectivity index (χ1n) is 8.09. The number of benzene rings is 1. The van der Waals surface area contributed by atoms with E-state index in [1.165, 1.54) is 11.1 Å². The van der Waals surface area contributed by atoms with Crippen molar-refractivity contribution in [2.45, 2.75) is 45.6 Å². The van der Waals surface area contributed by atoms with E-state index in [-0.39, 0.29) is 6.04 Å². The first-order chi connectivity index (χ1) is 11.2. The summed E-state index contributed by atoms with van der Waals surface area (Å²) >= 11 is 0. The van der Waals surface area contributed by atoms with Crippen LogP contribution in [0.15, 0.2) is 53.1 Å². The predicted octanol–water partition coefficient (Wildman–Crippen LogP) is 4.50. The monoisotopic (exact) mass is 310 g/mol. The number of hydrogen-bond donors (Lipinski definition) is 1. The van der Waals surface area contributed by atoms with Crippen molar-refractivity contribution in [2.24, 2.45) is 0 Å². The van der Waals surface area contributed by atoms with Crippen LogP contribution in [0.4, 0.5) is 4.79 Å². The molecular weight excluding hydrogens is 288 g/mol. The summed E-state index contributed by atoms with van der Waals surface area (Å²) in [7, 11) is 0. The molecule has 2 aliphatic carbocycles. The van der Waals surface area contributed by atoms with E-state index in [0.717, 1.165) is 31.3 Å². The van der Waals surface area contributed by atoms with Gasteiger partial charge in [-0.05, 0) is 49.5 Å². The molecule has 0 aromatic heterocycles. The molecule has 4 nitrogen and oxygen atoms in total. The van der Waals surface area contributed by atoms with E-state index in [0.29, 0.717) is 5.75 Å². The molecule has 0 aliphatic heterocycles. The van der Waals surface area contributed by atoms with Gasteiger partial charge >= 0.3 is 6.09 Å². The molecule has 1 aromatic carbocycles. The van der Waals surface area contributed by atoms with E-state index in [4.69, 9.17) is 10.00 Å². The van der Waals surface area contributed by atoms with Crippen LogP contribution in [0.2, 0.25) is 0 Å². The van der Waals surface area contributed by atoms with Gasteiger partial charge in [0.25, 0.3) is 0 Å². The normalized spacial score (nSPS) is 18.8. The lowest BCUT2D eigenvalue weighted by Gasteiger charge is -2.13. The quantitative estimate of drug-likeness (QED) is 0.874. The van der Waals surface area contributed by atoms with Crippen molar-refractivity contribution in [3.63, 3.8) is 0 Å². The fourth-order valence-corrected chi connectivity index (χ4v) is 2.88. The standard InChI is InChI=1S/C17H16N2O2.C2H6/c18-11-12-6-7-13-9-15(10-14(13)8-12)19-17(20)21-16-4-2-1-3-5-16;1-2/h1-5,8,15H,6-7,9-10H2,(H,19,20);1-2H3. The third kappa shape index (κ3) is 4.46. The number of rotatable bonds is 2. The largest absolute Gasteiger partial charge is 0.412 e. The van der Waals surface area contributed by atoms with E-state index in [1.807, 2.05) is 38.1 Å². The molecule has 1 unspecified atom stereocenters. The molecule has 120 valence electrons. The number of carbonyl (C=O) groups is 1. The molecule has 1 N–H and O–H groups in total. The summed E-state index contributed by atoms with van der Waals surface area (Å²) in [6.07, 6.45) is 4.94. The van der Waals surface area contributed by atoms with Gasteiger partial charge < -0.3 is 10.1 Å². The molecule has 1 amide bonds. The highest BCUT2D eigenvalue weighted by Gasteiger charge is 2.27. The Balaban J connectivity index is 0.000000924. The van der Waals surface area contributed by atoms with Crippen molar-refractivity contribution in [1.82, 2.24) is 5.32 Å². The summed E-state index contributed by atoms with van der Waals surface area (Å²) < 4.78 is 5.24. The van der Waals surface area contributed by atoms with E-state index >= 15 is 0 Å². The summed E-state index contributed by atoms with van der Waals surface area (Å²) in [5, 5.41) is 11.9. The third-order valence-electron chi connectivity index (χ3n) is 3.88. The van der Waals surface area contributed by atoms with Crippen LogP contribution in [-0.2, 0) is 0 Å². The summed E-state index contributed by atoms with van der Waals surface area (Å²) in [5.41, 5.74) is 3.41. The highest BCUT2D eigenvalue weighted by molar-refractivity contribution is 5.71. The Kier molecular flexibility index (Phi) is 5.99. The molecule has 0 saturated heterocycles. The maximum absolute atomic E-state index is 11.9. The van der Waals surface area contributed by atoms with Crippen LogP contribution in [0.3, 0.4) is 0 Å². The number of nitrogens with zero attached hydrogens (tertiary/aromatic N) is 1. The number of nitriles is 1. The van der Waals surface area contributed by atoms with Crippen molar-refractivity contribution in [3.05, 3.63) is 53.1 Å². The maximum Gasteiger partial charge on any atom is 0.412 e. The number of ether oxygens (including phenoxy) is 1. The molecule has 4 heteroatoms. The van der Waals surface area contributed by atoms with E-state index in [1.54, 1.807) is 12.1 Å². The van der Waals surface area contributed by atoms with E-state index in [2.05, 4.69) is 11.4 Å². The van der Waals surface area contributed by atoms with Gasteiger partial charge in [0, 0.05) is 11.6 Å². The van der Waals surface area contributed by atoms with Crippen LogP contribution in [0, 0.1) is 11.3 Å². The number of hydrogen-bond acceptors (Lipinski definition) is 3. The number of para-hydroxylation sites is 1. The van der Waals surface area contributed by atoms with Crippen molar-refractivity contribution >= 4 is 6.09 Å². The molecule has 1 atom stereocenters. The Morgan fingerprint density at radius 3 is 2.65 bits per heavy atom. The highest BCUT2D eigenvalue weighted by atomic mass is 16.6. The topological polar surface area (TPSA) is 62.1 Å². The number of amides is 1. The molecule has 1 aromatic rings. The van der Waals surface area contributed by atoms with Crippen molar-refractivity contribution in [3.8, 4) is 11.8 Å². The minimum atomic E-state index is -0.421. The maximum atomic E-state index is 11.9. The number of allylic oxidation sites excluding steroid dienone is 2. The summed E-state index contributed by atoms with van der Waals surface area (Å²) in [6.45, 7) is 4.00. The van der Waals surface area contributed by atoms with E-state index in [9.17, 15) is 4.79 Å². The van der Waals surface area contributed by atoms with Gasteiger partial charge in [0.1, 0.15) is 5.75 Å². The van der Waals surface area contributed by atoms with Crippen molar-refractivity contribution < 1.29 is 9.53 Å². The zero-order chi connectivity index (χ0) is 16.7. The molecule has 0 heterocycles. The molecule has 0 saturated carbocycles. The lowest BCUT2D eigenvalue weighted by Crippen LogP contribution is -2.35. The Bertz CT molecular complexity index is 654.